The zero-order chi connectivity index (χ0) is 8.43. The Morgan fingerprint density at radius 3 is 2.45 bits per heavy atom. The molecule has 3 N–H and O–H groups in total. The highest BCUT2D eigenvalue weighted by molar-refractivity contribution is 14.1. The van der Waals surface area contributed by atoms with Gasteiger partial charge >= 0.3 is 0 Å². The molecule has 0 bridgehead atoms. The molecule has 3 atom stereocenters. The van der Waals surface area contributed by atoms with Gasteiger partial charge in [-0.3, -0.25) is 3.07 Å². The summed E-state index contributed by atoms with van der Waals surface area (Å²) in [7, 11) is 0. The smallest absolute Gasteiger partial charge is 0.266 e. The van der Waals surface area contributed by atoms with Crippen molar-refractivity contribution < 1.29 is 23.1 Å². The van der Waals surface area contributed by atoms with Crippen molar-refractivity contribution in [2.45, 2.75) is 18.3 Å². The molecule has 1 heterocycles. The van der Waals surface area contributed by atoms with E-state index in [9.17, 15) is 0 Å². The van der Waals surface area contributed by atoms with Crippen LogP contribution in [0.1, 0.15) is 0 Å². The predicted octanol–water partition coefficient (Wildman–Crippen LogP) is -1.04. The van der Waals surface area contributed by atoms with E-state index in [2.05, 4.69) is 3.07 Å². The van der Waals surface area contributed by atoms with E-state index in [0.717, 1.165) is 0 Å². The Kier molecular flexibility index (Phi) is 3.47. The lowest BCUT2D eigenvalue weighted by Gasteiger charge is -2.09. The summed E-state index contributed by atoms with van der Waals surface area (Å²) in [4.78, 5) is 0. The molecule has 1 saturated heterocycles. The molecular weight excluding hydrogens is 267 g/mol. The van der Waals surface area contributed by atoms with Gasteiger partial charge < -0.3 is 20.1 Å². The van der Waals surface area contributed by atoms with Crippen molar-refractivity contribution in [1.82, 2.24) is 0 Å². The van der Waals surface area contributed by atoms with Crippen LogP contribution in [0.5, 0.6) is 0 Å². The molecule has 0 aromatic heterocycles. The number of halogens is 1. The number of hydrogen-bond donors (Lipinski definition) is 3. The molecule has 65 valence electrons. The summed E-state index contributed by atoms with van der Waals surface area (Å²) in [6.45, 7) is -0.346. The number of ether oxygens (including phenoxy) is 1. The minimum Gasteiger partial charge on any atom is -0.394 e. The SMILES string of the molecule is OC[C@H]1O[C](OI)[C@H](O)[C@@H]1O. The summed E-state index contributed by atoms with van der Waals surface area (Å²) in [5, 5.41) is 26.8. The van der Waals surface area contributed by atoms with E-state index in [1.54, 1.807) is 0 Å². The lowest BCUT2D eigenvalue weighted by Crippen LogP contribution is -2.32. The molecular formula is C5H8IO5. The van der Waals surface area contributed by atoms with E-state index in [1.807, 2.05) is 0 Å². The number of hydrogen-bond acceptors (Lipinski definition) is 5. The highest BCUT2D eigenvalue weighted by Gasteiger charge is 2.44. The standard InChI is InChI=1S/C5H8IO5/c6-11-5-4(9)3(8)2(1-7)10-5/h2-4,7-9H,1H2/t2-,3-,4-/m1/s1. The Balaban J connectivity index is 2.53. The molecule has 1 radical (unpaired) electrons. The van der Waals surface area contributed by atoms with Gasteiger partial charge in [0.25, 0.3) is 6.29 Å². The van der Waals surface area contributed by atoms with Crippen LogP contribution >= 0.6 is 23.0 Å². The molecule has 0 spiro atoms. The fraction of sp³-hybridized carbons (Fsp3) is 0.800. The average molecular weight is 275 g/mol. The van der Waals surface area contributed by atoms with E-state index >= 15 is 0 Å². The van der Waals surface area contributed by atoms with E-state index in [4.69, 9.17) is 20.1 Å². The van der Waals surface area contributed by atoms with Gasteiger partial charge in [0, 0.05) is 0 Å². The van der Waals surface area contributed by atoms with E-state index in [-0.39, 0.29) is 12.9 Å². The fourth-order valence-corrected chi connectivity index (χ4v) is 1.20. The van der Waals surface area contributed by atoms with E-state index < -0.39 is 18.3 Å². The summed E-state index contributed by atoms with van der Waals surface area (Å²) in [6.07, 6.45) is -3.11. The Labute approximate surface area is 77.6 Å². The van der Waals surface area contributed by atoms with E-state index in [1.165, 1.54) is 23.0 Å². The van der Waals surface area contributed by atoms with Gasteiger partial charge in [-0.2, -0.15) is 0 Å². The lowest BCUT2D eigenvalue weighted by molar-refractivity contribution is -0.0213. The van der Waals surface area contributed by atoms with Crippen LogP contribution in [-0.2, 0) is 7.80 Å². The molecule has 0 saturated carbocycles. The van der Waals surface area contributed by atoms with Crippen LogP contribution in [0, 0.1) is 6.29 Å². The quantitative estimate of drug-likeness (QED) is 0.561. The summed E-state index contributed by atoms with van der Waals surface area (Å²) in [6, 6.07) is 0. The van der Waals surface area contributed by atoms with Gasteiger partial charge in [-0.1, -0.05) is 0 Å². The van der Waals surface area contributed by atoms with Crippen LogP contribution in [0.25, 0.3) is 0 Å². The second kappa shape index (κ2) is 3.97. The Hall–Kier alpha value is 0.530. The van der Waals surface area contributed by atoms with Crippen molar-refractivity contribution in [3.8, 4) is 0 Å². The van der Waals surface area contributed by atoms with Crippen LogP contribution in [0.15, 0.2) is 0 Å². The van der Waals surface area contributed by atoms with Gasteiger partial charge in [0.05, 0.1) is 6.61 Å². The van der Waals surface area contributed by atoms with Gasteiger partial charge in [-0.15, -0.1) is 0 Å². The highest BCUT2D eigenvalue weighted by atomic mass is 127. The van der Waals surface area contributed by atoms with Crippen LogP contribution in [0.2, 0.25) is 0 Å². The zero-order valence-corrected chi connectivity index (χ0v) is 7.63. The van der Waals surface area contributed by atoms with Crippen LogP contribution in [0.4, 0.5) is 0 Å². The van der Waals surface area contributed by atoms with Crippen molar-refractivity contribution in [1.29, 1.82) is 0 Å². The van der Waals surface area contributed by atoms with Gasteiger partial charge in [-0.25, -0.2) is 0 Å². The van der Waals surface area contributed by atoms with Gasteiger partial charge in [0.15, 0.2) is 0 Å². The molecule has 5 nitrogen and oxygen atoms in total. The van der Waals surface area contributed by atoms with Gasteiger partial charge in [-0.05, 0) is 0 Å². The third-order valence-corrected chi connectivity index (χ3v) is 1.90. The largest absolute Gasteiger partial charge is 0.394 e. The molecule has 0 amide bonds. The minimum absolute atomic E-state index is 0.0582. The molecule has 1 fully saturated rings. The molecule has 0 aliphatic carbocycles. The molecule has 11 heavy (non-hydrogen) atoms. The molecule has 1 rings (SSSR count). The van der Waals surface area contributed by atoms with Crippen molar-refractivity contribution in [2.75, 3.05) is 6.61 Å². The van der Waals surface area contributed by atoms with Crippen molar-refractivity contribution in [3.05, 3.63) is 6.29 Å². The number of aliphatic hydroxyl groups excluding tert-OH is 3. The first-order chi connectivity index (χ1) is 5.20. The maximum Gasteiger partial charge on any atom is 0.266 e. The molecule has 1 aliphatic rings. The molecule has 6 heteroatoms. The average Bonchev–Trinajstić information content (AvgIpc) is 2.30. The molecule has 0 aromatic carbocycles. The normalized spacial score (nSPS) is 39.8. The summed E-state index contributed by atoms with van der Waals surface area (Å²) >= 11 is 1.53. The number of aliphatic hydroxyl groups is 3. The molecule has 0 aromatic rings. The molecule has 1 aliphatic heterocycles. The van der Waals surface area contributed by atoms with Crippen LogP contribution in [-0.4, -0.2) is 40.2 Å². The second-order valence-corrected chi connectivity index (χ2v) is 2.61. The van der Waals surface area contributed by atoms with Crippen molar-refractivity contribution >= 4 is 23.0 Å². The fourth-order valence-electron chi connectivity index (χ4n) is 0.840. The minimum atomic E-state index is -1.16. The predicted molar refractivity (Wildman–Crippen MR) is 42.3 cm³/mol. The zero-order valence-electron chi connectivity index (χ0n) is 5.48. The third kappa shape index (κ3) is 1.82. The maximum absolute atomic E-state index is 9.12. The first-order valence-corrected chi connectivity index (χ1v) is 3.88. The first kappa shape index (κ1) is 9.62. The first-order valence-electron chi connectivity index (χ1n) is 2.99. The Bertz CT molecular complexity index is 114. The second-order valence-electron chi connectivity index (χ2n) is 2.17. The van der Waals surface area contributed by atoms with E-state index in [0.29, 0.717) is 0 Å². The van der Waals surface area contributed by atoms with Gasteiger partial charge in [0.1, 0.15) is 41.3 Å². The van der Waals surface area contributed by atoms with Crippen molar-refractivity contribution in [3.63, 3.8) is 0 Å². The number of rotatable bonds is 2. The topological polar surface area (TPSA) is 79.2 Å². The molecule has 0 unspecified atom stereocenters. The lowest BCUT2D eigenvalue weighted by atomic mass is 10.1. The highest BCUT2D eigenvalue weighted by Crippen LogP contribution is 2.28. The summed E-state index contributed by atoms with van der Waals surface area (Å²) < 4.78 is 9.39. The third-order valence-electron chi connectivity index (χ3n) is 1.47. The van der Waals surface area contributed by atoms with Crippen LogP contribution in [0.3, 0.4) is 0 Å². The monoisotopic (exact) mass is 275 g/mol. The summed E-state index contributed by atoms with van der Waals surface area (Å²) in [5.41, 5.74) is 0. The van der Waals surface area contributed by atoms with Crippen LogP contribution < -0.4 is 0 Å². The Morgan fingerprint density at radius 1 is 1.55 bits per heavy atom. The van der Waals surface area contributed by atoms with Gasteiger partial charge in [0.2, 0.25) is 0 Å². The maximum atomic E-state index is 9.12. The summed E-state index contributed by atoms with van der Waals surface area (Å²) in [5.74, 6) is 0. The Morgan fingerprint density at radius 2 is 2.18 bits per heavy atom. The van der Waals surface area contributed by atoms with Crippen molar-refractivity contribution in [2.24, 2.45) is 0 Å².